The molecule has 0 amide bonds. The molecule has 0 aliphatic heterocycles. The molecule has 0 saturated carbocycles. The molecular weight excluding hydrogens is 508 g/mol. The highest BCUT2D eigenvalue weighted by molar-refractivity contribution is 5.69. The first-order chi connectivity index (χ1) is 20.2. The van der Waals surface area contributed by atoms with Crippen molar-refractivity contribution in [2.75, 3.05) is 14.2 Å². The topological polar surface area (TPSA) is 52.6 Å². The third kappa shape index (κ3) is 35.0. The summed E-state index contributed by atoms with van der Waals surface area (Å²) in [6, 6.07) is 0. The quantitative estimate of drug-likeness (QED) is 0.0561. The van der Waals surface area contributed by atoms with Gasteiger partial charge < -0.3 is 9.47 Å². The molecule has 0 unspecified atom stereocenters. The lowest BCUT2D eigenvalue weighted by Gasteiger charge is -2.05. The Kier molecular flexibility index (Phi) is 34.2. The highest BCUT2D eigenvalue weighted by atomic mass is 16.5. The van der Waals surface area contributed by atoms with Crippen molar-refractivity contribution in [2.45, 2.75) is 212 Å². The predicted molar refractivity (Wildman–Crippen MR) is 176 cm³/mol. The first-order valence-electron chi connectivity index (χ1n) is 18.3. The van der Waals surface area contributed by atoms with E-state index in [4.69, 9.17) is 0 Å². The van der Waals surface area contributed by atoms with E-state index in [1.54, 1.807) is 0 Å². The van der Waals surface area contributed by atoms with Crippen LogP contribution < -0.4 is 0 Å². The minimum Gasteiger partial charge on any atom is -0.469 e. The third-order valence-corrected chi connectivity index (χ3v) is 8.72. The van der Waals surface area contributed by atoms with E-state index in [0.717, 1.165) is 12.8 Å². The molecule has 0 bridgehead atoms. The molecule has 0 radical (unpaired) electrons. The molecule has 244 valence electrons. The zero-order chi connectivity index (χ0) is 29.9. The van der Waals surface area contributed by atoms with Crippen molar-refractivity contribution in [1.82, 2.24) is 0 Å². The highest BCUT2D eigenvalue weighted by Gasteiger charge is 2.01. The van der Waals surface area contributed by atoms with Crippen LogP contribution in [-0.2, 0) is 19.1 Å². The summed E-state index contributed by atoms with van der Waals surface area (Å²) in [5.74, 6) is -0.130. The van der Waals surface area contributed by atoms with E-state index in [1.807, 2.05) is 0 Å². The summed E-state index contributed by atoms with van der Waals surface area (Å²) < 4.78 is 9.36. The van der Waals surface area contributed by atoms with Gasteiger partial charge in [0.2, 0.25) is 0 Å². The molecule has 0 heterocycles. The van der Waals surface area contributed by atoms with Crippen molar-refractivity contribution in [3.63, 3.8) is 0 Å². The average Bonchev–Trinajstić information content (AvgIpc) is 2.99. The normalized spacial score (nSPS) is 11.2. The van der Waals surface area contributed by atoms with E-state index in [1.165, 1.54) is 200 Å². The number of carbonyl (C=O) groups excluding carboxylic acids is 2. The van der Waals surface area contributed by atoms with Crippen LogP contribution in [0.3, 0.4) is 0 Å². The summed E-state index contributed by atoms with van der Waals surface area (Å²) in [5, 5.41) is 0. The van der Waals surface area contributed by atoms with E-state index >= 15 is 0 Å². The van der Waals surface area contributed by atoms with Gasteiger partial charge in [0.25, 0.3) is 0 Å². The van der Waals surface area contributed by atoms with Gasteiger partial charge in [0.05, 0.1) is 14.2 Å². The number of methoxy groups -OCH3 is 2. The molecule has 4 heteroatoms. The monoisotopic (exact) mass is 581 g/mol. The summed E-state index contributed by atoms with van der Waals surface area (Å²) in [5.41, 5.74) is 0. The van der Waals surface area contributed by atoms with E-state index in [2.05, 4.69) is 9.47 Å². The average molecular weight is 581 g/mol. The number of carbonyl (C=O) groups is 2. The maximum atomic E-state index is 11.1. The van der Waals surface area contributed by atoms with Crippen LogP contribution in [-0.4, -0.2) is 26.2 Å². The van der Waals surface area contributed by atoms with Gasteiger partial charge in [-0.05, 0) is 12.8 Å². The van der Waals surface area contributed by atoms with Crippen LogP contribution in [0.1, 0.15) is 212 Å². The molecule has 4 nitrogen and oxygen atoms in total. The molecule has 41 heavy (non-hydrogen) atoms. The molecule has 0 aliphatic carbocycles. The molecular formula is C37H72O4. The van der Waals surface area contributed by atoms with Crippen LogP contribution in [0.15, 0.2) is 0 Å². The van der Waals surface area contributed by atoms with Gasteiger partial charge in [0.1, 0.15) is 0 Å². The van der Waals surface area contributed by atoms with Crippen LogP contribution in [0.2, 0.25) is 0 Å². The van der Waals surface area contributed by atoms with Gasteiger partial charge in [-0.3, -0.25) is 9.59 Å². The smallest absolute Gasteiger partial charge is 0.305 e. The van der Waals surface area contributed by atoms with Crippen molar-refractivity contribution in [3.8, 4) is 0 Å². The molecule has 0 aromatic rings. The van der Waals surface area contributed by atoms with E-state index in [0.29, 0.717) is 12.8 Å². The first kappa shape index (κ1) is 39.9. The molecule has 0 aromatic carbocycles. The van der Waals surface area contributed by atoms with Crippen molar-refractivity contribution >= 4 is 11.9 Å². The van der Waals surface area contributed by atoms with Crippen molar-refractivity contribution in [3.05, 3.63) is 0 Å². The van der Waals surface area contributed by atoms with E-state index in [-0.39, 0.29) is 11.9 Å². The molecule has 0 fully saturated rings. The molecule has 0 N–H and O–H groups in total. The zero-order valence-electron chi connectivity index (χ0n) is 28.0. The molecule has 0 rings (SSSR count). The fraction of sp³-hybridized carbons (Fsp3) is 0.946. The number of hydrogen-bond donors (Lipinski definition) is 0. The first-order valence-corrected chi connectivity index (χ1v) is 18.3. The van der Waals surface area contributed by atoms with Crippen LogP contribution in [0.25, 0.3) is 0 Å². The van der Waals surface area contributed by atoms with E-state index < -0.39 is 0 Å². The van der Waals surface area contributed by atoms with Gasteiger partial charge in [-0.2, -0.15) is 0 Å². The Morgan fingerprint density at radius 3 is 0.512 bits per heavy atom. The second-order valence-corrected chi connectivity index (χ2v) is 12.6. The molecule has 0 saturated heterocycles. The van der Waals surface area contributed by atoms with Crippen molar-refractivity contribution < 1.29 is 19.1 Å². The SMILES string of the molecule is COC(=O)CCCCCCCCCCCCCCCCCCCCCCCCCCCCCCCCCC(=O)OC. The van der Waals surface area contributed by atoms with Crippen molar-refractivity contribution in [1.29, 1.82) is 0 Å². The summed E-state index contributed by atoms with van der Waals surface area (Å²) in [7, 11) is 2.95. The standard InChI is InChI=1S/C37H72O4/c1-40-36(38)34-32-30-28-26-24-22-20-18-16-14-12-10-8-6-4-3-5-7-9-11-13-15-17-19-21-23-25-27-29-31-33-35-37(39)41-2/h3-35H2,1-2H3. The van der Waals surface area contributed by atoms with Crippen LogP contribution >= 0.6 is 0 Å². The lowest BCUT2D eigenvalue weighted by Crippen LogP contribution is -1.99. The van der Waals surface area contributed by atoms with Crippen LogP contribution in [0.5, 0.6) is 0 Å². The maximum absolute atomic E-state index is 11.1. The highest BCUT2D eigenvalue weighted by Crippen LogP contribution is 2.17. The fourth-order valence-electron chi connectivity index (χ4n) is 5.87. The van der Waals surface area contributed by atoms with Gasteiger partial charge in [0, 0.05) is 12.8 Å². The summed E-state index contributed by atoms with van der Waals surface area (Å²) >= 11 is 0. The largest absolute Gasteiger partial charge is 0.469 e. The Morgan fingerprint density at radius 2 is 0.390 bits per heavy atom. The van der Waals surface area contributed by atoms with Gasteiger partial charge in [0.15, 0.2) is 0 Å². The Hall–Kier alpha value is -1.06. The van der Waals surface area contributed by atoms with Crippen LogP contribution in [0.4, 0.5) is 0 Å². The van der Waals surface area contributed by atoms with E-state index in [9.17, 15) is 9.59 Å². The Balaban J connectivity index is 3.06. The summed E-state index contributed by atoms with van der Waals surface area (Å²) in [6.45, 7) is 0. The molecule has 0 atom stereocenters. The Morgan fingerprint density at radius 1 is 0.268 bits per heavy atom. The fourth-order valence-corrected chi connectivity index (χ4v) is 5.87. The van der Waals surface area contributed by atoms with Gasteiger partial charge in [-0.1, -0.05) is 186 Å². The number of unbranched alkanes of at least 4 members (excludes halogenated alkanes) is 30. The zero-order valence-corrected chi connectivity index (χ0v) is 28.0. The van der Waals surface area contributed by atoms with Gasteiger partial charge in [-0.15, -0.1) is 0 Å². The lowest BCUT2D eigenvalue weighted by atomic mass is 10.0. The molecule has 0 spiro atoms. The molecule has 0 aliphatic rings. The maximum Gasteiger partial charge on any atom is 0.305 e. The summed E-state index contributed by atoms with van der Waals surface area (Å²) in [6.07, 6.45) is 43.5. The number of rotatable bonds is 34. The third-order valence-electron chi connectivity index (χ3n) is 8.72. The Bertz CT molecular complexity index is 487. The van der Waals surface area contributed by atoms with Gasteiger partial charge >= 0.3 is 11.9 Å². The summed E-state index contributed by atoms with van der Waals surface area (Å²) in [4.78, 5) is 22.1. The predicted octanol–water partition coefficient (Wildman–Crippen LogP) is 12.2. The van der Waals surface area contributed by atoms with Crippen LogP contribution in [0, 0.1) is 0 Å². The Labute approximate surface area is 256 Å². The number of esters is 2. The second-order valence-electron chi connectivity index (χ2n) is 12.6. The number of ether oxygens (including phenoxy) is 2. The number of hydrogen-bond acceptors (Lipinski definition) is 4. The molecule has 0 aromatic heterocycles. The van der Waals surface area contributed by atoms with Crippen molar-refractivity contribution in [2.24, 2.45) is 0 Å². The second kappa shape index (κ2) is 35.1. The minimum absolute atomic E-state index is 0.0652. The minimum atomic E-state index is -0.0652. The lowest BCUT2D eigenvalue weighted by molar-refractivity contribution is -0.141. The van der Waals surface area contributed by atoms with Gasteiger partial charge in [-0.25, -0.2) is 0 Å².